The Morgan fingerprint density at radius 3 is 2.67 bits per heavy atom. The Labute approximate surface area is 108 Å². The average molecular weight is 268 g/mol. The number of imide groups is 1. The van der Waals surface area contributed by atoms with E-state index in [9.17, 15) is 14.4 Å². The Morgan fingerprint density at radius 2 is 2.06 bits per heavy atom. The van der Waals surface area contributed by atoms with Crippen molar-refractivity contribution in [2.45, 2.75) is 6.42 Å². The minimum Gasteiger partial charge on any atom is -0.469 e. The summed E-state index contributed by atoms with van der Waals surface area (Å²) in [6.45, 7) is -0.00461. The molecular weight excluding hydrogens is 258 g/mol. The van der Waals surface area contributed by atoms with Gasteiger partial charge in [0, 0.05) is 6.54 Å². The number of carbonyl (C=O) groups is 3. The molecule has 1 aromatic rings. The third-order valence-electron chi connectivity index (χ3n) is 2.72. The molecule has 2 rings (SSSR count). The molecule has 0 atom stereocenters. The molecule has 0 spiro atoms. The Morgan fingerprint density at radius 1 is 1.33 bits per heavy atom. The number of hydrogen-bond acceptors (Lipinski definition) is 4. The topological polar surface area (TPSA) is 63.7 Å². The summed E-state index contributed by atoms with van der Waals surface area (Å²) in [5.74, 6) is -1.37. The molecule has 1 aliphatic rings. The molecule has 0 fully saturated rings. The first-order valence-electron chi connectivity index (χ1n) is 5.27. The number of fused-ring (bicyclic) bond motifs is 1. The van der Waals surface area contributed by atoms with Gasteiger partial charge < -0.3 is 4.74 Å². The zero-order valence-corrected chi connectivity index (χ0v) is 10.4. The predicted octanol–water partition coefficient (Wildman–Crippen LogP) is 1.50. The highest BCUT2D eigenvalue weighted by molar-refractivity contribution is 6.37. The highest BCUT2D eigenvalue weighted by Gasteiger charge is 2.37. The SMILES string of the molecule is COC(=O)CCN1C(=O)c2cccc(Cl)c2C1=O. The molecule has 18 heavy (non-hydrogen) atoms. The molecule has 0 aliphatic carbocycles. The normalized spacial score (nSPS) is 13.8. The largest absolute Gasteiger partial charge is 0.469 e. The number of nitrogens with zero attached hydrogens (tertiary/aromatic N) is 1. The molecule has 0 unspecified atom stereocenters. The van der Waals surface area contributed by atoms with Gasteiger partial charge in [0.05, 0.1) is 29.7 Å². The Hall–Kier alpha value is -1.88. The number of methoxy groups -OCH3 is 1. The third-order valence-corrected chi connectivity index (χ3v) is 3.03. The van der Waals surface area contributed by atoms with E-state index in [0.717, 1.165) is 4.90 Å². The van der Waals surface area contributed by atoms with Crippen molar-refractivity contribution >= 4 is 29.4 Å². The van der Waals surface area contributed by atoms with E-state index in [4.69, 9.17) is 11.6 Å². The van der Waals surface area contributed by atoms with Crippen molar-refractivity contribution in [2.75, 3.05) is 13.7 Å². The lowest BCUT2D eigenvalue weighted by Crippen LogP contribution is -2.32. The van der Waals surface area contributed by atoms with Crippen LogP contribution in [0.4, 0.5) is 0 Å². The second-order valence-corrected chi connectivity index (χ2v) is 4.16. The fraction of sp³-hybridized carbons (Fsp3) is 0.250. The molecular formula is C12H10ClNO4. The van der Waals surface area contributed by atoms with E-state index < -0.39 is 17.8 Å². The third kappa shape index (κ3) is 1.97. The summed E-state index contributed by atoms with van der Waals surface area (Å²) in [7, 11) is 1.25. The summed E-state index contributed by atoms with van der Waals surface area (Å²) in [5, 5.41) is 0.242. The number of rotatable bonds is 3. The molecule has 1 heterocycles. The van der Waals surface area contributed by atoms with Crippen LogP contribution in [0.2, 0.25) is 5.02 Å². The van der Waals surface area contributed by atoms with Crippen LogP contribution in [-0.4, -0.2) is 36.3 Å². The van der Waals surface area contributed by atoms with Crippen LogP contribution in [0.3, 0.4) is 0 Å². The van der Waals surface area contributed by atoms with Crippen molar-refractivity contribution in [3.05, 3.63) is 34.3 Å². The monoisotopic (exact) mass is 267 g/mol. The fourth-order valence-corrected chi connectivity index (χ4v) is 2.06. The van der Waals surface area contributed by atoms with Gasteiger partial charge in [-0.3, -0.25) is 19.3 Å². The maximum absolute atomic E-state index is 12.0. The van der Waals surface area contributed by atoms with Gasteiger partial charge in [-0.25, -0.2) is 0 Å². The van der Waals surface area contributed by atoms with E-state index in [1.54, 1.807) is 18.2 Å². The van der Waals surface area contributed by atoms with E-state index in [-0.39, 0.29) is 29.1 Å². The Kier molecular flexibility index (Phi) is 3.34. The van der Waals surface area contributed by atoms with Crippen LogP contribution in [0.5, 0.6) is 0 Å². The Balaban J connectivity index is 2.24. The van der Waals surface area contributed by atoms with Crippen LogP contribution >= 0.6 is 11.6 Å². The summed E-state index contributed by atoms with van der Waals surface area (Å²) >= 11 is 5.89. The smallest absolute Gasteiger partial charge is 0.307 e. The van der Waals surface area contributed by atoms with Gasteiger partial charge in [0.15, 0.2) is 0 Å². The molecule has 5 nitrogen and oxygen atoms in total. The van der Waals surface area contributed by atoms with E-state index in [2.05, 4.69) is 4.74 Å². The van der Waals surface area contributed by atoms with Gasteiger partial charge in [-0.15, -0.1) is 0 Å². The Bertz CT molecular complexity index is 541. The molecule has 0 radical (unpaired) electrons. The second kappa shape index (κ2) is 4.78. The first-order valence-corrected chi connectivity index (χ1v) is 5.65. The van der Waals surface area contributed by atoms with E-state index in [0.29, 0.717) is 0 Å². The summed E-state index contributed by atoms with van der Waals surface area (Å²) in [4.78, 5) is 36.0. The van der Waals surface area contributed by atoms with Gasteiger partial charge in [-0.05, 0) is 12.1 Å². The first-order chi connectivity index (χ1) is 8.56. The molecule has 0 bridgehead atoms. The second-order valence-electron chi connectivity index (χ2n) is 3.75. The molecule has 6 heteroatoms. The molecule has 0 saturated heterocycles. The number of esters is 1. The maximum Gasteiger partial charge on any atom is 0.307 e. The number of benzene rings is 1. The first kappa shape index (κ1) is 12.6. The van der Waals surface area contributed by atoms with Crippen molar-refractivity contribution in [3.63, 3.8) is 0 Å². The fourth-order valence-electron chi connectivity index (χ4n) is 1.80. The minimum atomic E-state index is -0.474. The average Bonchev–Trinajstić information content (AvgIpc) is 2.60. The number of amides is 2. The quantitative estimate of drug-likeness (QED) is 0.615. The molecule has 1 aromatic carbocycles. The standard InChI is InChI=1S/C12H10ClNO4/c1-18-9(15)5-6-14-11(16)7-3-2-4-8(13)10(7)12(14)17/h2-4H,5-6H2,1H3. The van der Waals surface area contributed by atoms with Crippen LogP contribution in [-0.2, 0) is 9.53 Å². The minimum absolute atomic E-state index is 0.00461. The lowest BCUT2D eigenvalue weighted by Gasteiger charge is -2.12. The van der Waals surface area contributed by atoms with Gasteiger partial charge in [0.1, 0.15) is 0 Å². The van der Waals surface area contributed by atoms with Gasteiger partial charge >= 0.3 is 5.97 Å². The maximum atomic E-state index is 12.0. The van der Waals surface area contributed by atoms with Crippen LogP contribution in [0.25, 0.3) is 0 Å². The number of halogens is 1. The van der Waals surface area contributed by atoms with Gasteiger partial charge in [0.2, 0.25) is 0 Å². The van der Waals surface area contributed by atoms with Crippen molar-refractivity contribution in [1.29, 1.82) is 0 Å². The van der Waals surface area contributed by atoms with E-state index in [1.807, 2.05) is 0 Å². The summed E-state index contributed by atoms with van der Waals surface area (Å²) in [5.41, 5.74) is 0.478. The van der Waals surface area contributed by atoms with Crippen molar-refractivity contribution in [1.82, 2.24) is 4.90 Å². The summed E-state index contributed by atoms with van der Waals surface area (Å²) < 4.78 is 4.47. The van der Waals surface area contributed by atoms with Crippen LogP contribution in [0.15, 0.2) is 18.2 Å². The molecule has 94 valence electrons. The van der Waals surface area contributed by atoms with Crippen molar-refractivity contribution in [2.24, 2.45) is 0 Å². The number of ether oxygens (including phenoxy) is 1. The lowest BCUT2D eigenvalue weighted by atomic mass is 10.1. The van der Waals surface area contributed by atoms with Crippen LogP contribution in [0, 0.1) is 0 Å². The highest BCUT2D eigenvalue weighted by atomic mass is 35.5. The van der Waals surface area contributed by atoms with E-state index >= 15 is 0 Å². The van der Waals surface area contributed by atoms with Crippen LogP contribution < -0.4 is 0 Å². The zero-order valence-electron chi connectivity index (χ0n) is 9.60. The molecule has 1 aliphatic heterocycles. The predicted molar refractivity (Wildman–Crippen MR) is 63.5 cm³/mol. The zero-order chi connectivity index (χ0) is 13.3. The lowest BCUT2D eigenvalue weighted by molar-refractivity contribution is -0.140. The number of hydrogen-bond donors (Lipinski definition) is 0. The van der Waals surface area contributed by atoms with Gasteiger partial charge in [-0.2, -0.15) is 0 Å². The molecule has 0 aromatic heterocycles. The van der Waals surface area contributed by atoms with Crippen molar-refractivity contribution in [3.8, 4) is 0 Å². The molecule has 0 N–H and O–H groups in total. The molecule has 0 saturated carbocycles. The van der Waals surface area contributed by atoms with Gasteiger partial charge in [0.25, 0.3) is 11.8 Å². The van der Waals surface area contributed by atoms with Gasteiger partial charge in [-0.1, -0.05) is 17.7 Å². The summed E-state index contributed by atoms with van der Waals surface area (Å²) in [6, 6.07) is 4.70. The molecule has 2 amide bonds. The van der Waals surface area contributed by atoms with Crippen molar-refractivity contribution < 1.29 is 19.1 Å². The van der Waals surface area contributed by atoms with E-state index in [1.165, 1.54) is 7.11 Å². The number of carbonyl (C=O) groups excluding carboxylic acids is 3. The summed E-state index contributed by atoms with van der Waals surface area (Å²) in [6.07, 6.45) is -0.0282. The van der Waals surface area contributed by atoms with Crippen LogP contribution in [0.1, 0.15) is 27.1 Å². The highest BCUT2D eigenvalue weighted by Crippen LogP contribution is 2.28.